The molecule has 1 atom stereocenters. The SMILES string of the molecule is CC1(C)OC(=O)[C@H](Cc2ccccc2)O1. The van der Waals surface area contributed by atoms with Crippen molar-refractivity contribution in [3.8, 4) is 0 Å². The lowest BCUT2D eigenvalue weighted by molar-refractivity contribution is -0.160. The average Bonchev–Trinajstić information content (AvgIpc) is 2.41. The summed E-state index contributed by atoms with van der Waals surface area (Å²) in [5.41, 5.74) is 1.08. The maximum atomic E-state index is 11.4. The van der Waals surface area contributed by atoms with Crippen molar-refractivity contribution in [1.82, 2.24) is 0 Å². The Labute approximate surface area is 89.0 Å². The number of hydrogen-bond donors (Lipinski definition) is 0. The van der Waals surface area contributed by atoms with Gasteiger partial charge < -0.3 is 9.47 Å². The Morgan fingerprint density at radius 3 is 2.47 bits per heavy atom. The monoisotopic (exact) mass is 206 g/mol. The molecule has 0 amide bonds. The van der Waals surface area contributed by atoms with Gasteiger partial charge in [0, 0.05) is 20.3 Å². The Bertz CT molecular complexity index is 356. The number of ether oxygens (including phenoxy) is 2. The van der Waals surface area contributed by atoms with Crippen LogP contribution < -0.4 is 0 Å². The molecule has 1 aromatic rings. The third-order valence-corrected chi connectivity index (χ3v) is 2.30. The zero-order valence-electron chi connectivity index (χ0n) is 8.90. The highest BCUT2D eigenvalue weighted by Gasteiger charge is 2.40. The number of benzene rings is 1. The third-order valence-electron chi connectivity index (χ3n) is 2.30. The molecule has 0 aromatic heterocycles. The minimum Gasteiger partial charge on any atom is -0.432 e. The molecule has 0 radical (unpaired) electrons. The van der Waals surface area contributed by atoms with Crippen LogP contribution in [0.1, 0.15) is 19.4 Å². The summed E-state index contributed by atoms with van der Waals surface area (Å²) in [5, 5.41) is 0. The average molecular weight is 206 g/mol. The van der Waals surface area contributed by atoms with E-state index in [-0.39, 0.29) is 5.97 Å². The van der Waals surface area contributed by atoms with E-state index in [4.69, 9.17) is 9.47 Å². The van der Waals surface area contributed by atoms with Crippen molar-refractivity contribution in [3.63, 3.8) is 0 Å². The quantitative estimate of drug-likeness (QED) is 0.693. The van der Waals surface area contributed by atoms with Crippen molar-refractivity contribution in [2.45, 2.75) is 32.2 Å². The number of carbonyl (C=O) groups excluding carboxylic acids is 1. The van der Waals surface area contributed by atoms with Gasteiger partial charge in [-0.1, -0.05) is 30.3 Å². The van der Waals surface area contributed by atoms with E-state index < -0.39 is 11.9 Å². The van der Waals surface area contributed by atoms with E-state index in [1.54, 1.807) is 13.8 Å². The second-order valence-electron chi connectivity index (χ2n) is 4.12. The molecule has 3 heteroatoms. The van der Waals surface area contributed by atoms with Gasteiger partial charge in [0.25, 0.3) is 0 Å². The smallest absolute Gasteiger partial charge is 0.338 e. The van der Waals surface area contributed by atoms with Crippen molar-refractivity contribution >= 4 is 5.97 Å². The van der Waals surface area contributed by atoms with E-state index in [2.05, 4.69) is 0 Å². The molecule has 0 unspecified atom stereocenters. The van der Waals surface area contributed by atoms with Crippen molar-refractivity contribution in [3.05, 3.63) is 35.9 Å². The molecule has 0 N–H and O–H groups in total. The minimum absolute atomic E-state index is 0.274. The summed E-state index contributed by atoms with van der Waals surface area (Å²) in [6.45, 7) is 3.49. The summed E-state index contributed by atoms with van der Waals surface area (Å²) in [7, 11) is 0. The molecule has 1 fully saturated rings. The van der Waals surface area contributed by atoms with Crippen LogP contribution in [0.4, 0.5) is 0 Å². The fourth-order valence-electron chi connectivity index (χ4n) is 1.68. The molecule has 80 valence electrons. The first kappa shape index (κ1) is 10.2. The third kappa shape index (κ3) is 2.36. The maximum Gasteiger partial charge on any atom is 0.338 e. The minimum atomic E-state index is -0.781. The number of esters is 1. The van der Waals surface area contributed by atoms with Crippen LogP contribution in [-0.4, -0.2) is 17.9 Å². The highest BCUT2D eigenvalue weighted by molar-refractivity contribution is 5.77. The van der Waals surface area contributed by atoms with Crippen LogP contribution in [0.15, 0.2) is 30.3 Å². The van der Waals surface area contributed by atoms with Gasteiger partial charge in [-0.2, -0.15) is 0 Å². The molecule has 0 aliphatic carbocycles. The van der Waals surface area contributed by atoms with Gasteiger partial charge in [0.2, 0.25) is 5.79 Å². The lowest BCUT2D eigenvalue weighted by Gasteiger charge is -2.15. The fraction of sp³-hybridized carbons (Fsp3) is 0.417. The lowest BCUT2D eigenvalue weighted by atomic mass is 10.1. The number of rotatable bonds is 2. The van der Waals surface area contributed by atoms with Gasteiger partial charge in [-0.15, -0.1) is 0 Å². The van der Waals surface area contributed by atoms with Crippen molar-refractivity contribution in [1.29, 1.82) is 0 Å². The van der Waals surface area contributed by atoms with Gasteiger partial charge in [-0.3, -0.25) is 0 Å². The molecule has 1 aromatic carbocycles. The summed E-state index contributed by atoms with van der Waals surface area (Å²) in [4.78, 5) is 11.4. The van der Waals surface area contributed by atoms with Gasteiger partial charge in [-0.05, 0) is 5.56 Å². The first-order valence-corrected chi connectivity index (χ1v) is 5.01. The van der Waals surface area contributed by atoms with Gasteiger partial charge in [0.05, 0.1) is 0 Å². The van der Waals surface area contributed by atoms with Crippen LogP contribution in [0.2, 0.25) is 0 Å². The van der Waals surface area contributed by atoms with Gasteiger partial charge in [0.15, 0.2) is 6.10 Å². The predicted octanol–water partition coefficient (Wildman–Crippen LogP) is 1.91. The molecule has 2 rings (SSSR count). The molecule has 15 heavy (non-hydrogen) atoms. The molecule has 3 nitrogen and oxygen atoms in total. The zero-order chi connectivity index (χ0) is 10.9. The molecule has 1 saturated heterocycles. The van der Waals surface area contributed by atoms with E-state index in [0.717, 1.165) is 5.56 Å². The molecule has 1 aliphatic heterocycles. The number of hydrogen-bond acceptors (Lipinski definition) is 3. The van der Waals surface area contributed by atoms with E-state index in [1.807, 2.05) is 30.3 Å². The van der Waals surface area contributed by atoms with Gasteiger partial charge in [0.1, 0.15) is 0 Å². The normalized spacial score (nSPS) is 23.9. The standard InChI is InChI=1S/C12H14O3/c1-12(2)14-10(11(13)15-12)8-9-6-4-3-5-7-9/h3-7,10H,8H2,1-2H3/t10-/m0/s1. The van der Waals surface area contributed by atoms with E-state index in [0.29, 0.717) is 6.42 Å². The molecule has 0 saturated carbocycles. The Balaban J connectivity index is 2.05. The van der Waals surface area contributed by atoms with E-state index >= 15 is 0 Å². The van der Waals surface area contributed by atoms with E-state index in [9.17, 15) is 4.79 Å². The summed E-state index contributed by atoms with van der Waals surface area (Å²) in [5.74, 6) is -1.06. The predicted molar refractivity (Wildman–Crippen MR) is 55.2 cm³/mol. The Morgan fingerprint density at radius 2 is 1.93 bits per heavy atom. The van der Waals surface area contributed by atoms with Crippen molar-refractivity contribution in [2.24, 2.45) is 0 Å². The van der Waals surface area contributed by atoms with Crippen LogP contribution in [-0.2, 0) is 20.7 Å². The molecule has 0 spiro atoms. The summed E-state index contributed by atoms with van der Waals surface area (Å²) >= 11 is 0. The van der Waals surface area contributed by atoms with Gasteiger partial charge >= 0.3 is 5.97 Å². The number of carbonyl (C=O) groups is 1. The molecule has 1 aliphatic rings. The van der Waals surface area contributed by atoms with Crippen LogP contribution in [0.25, 0.3) is 0 Å². The first-order valence-electron chi connectivity index (χ1n) is 5.01. The van der Waals surface area contributed by atoms with Crippen molar-refractivity contribution < 1.29 is 14.3 Å². The van der Waals surface area contributed by atoms with Crippen LogP contribution in [0, 0.1) is 0 Å². The first-order chi connectivity index (χ1) is 7.07. The summed E-state index contributed by atoms with van der Waals surface area (Å²) < 4.78 is 10.6. The highest BCUT2D eigenvalue weighted by Crippen LogP contribution is 2.25. The molecule has 1 heterocycles. The summed E-state index contributed by atoms with van der Waals surface area (Å²) in [6, 6.07) is 9.78. The lowest BCUT2D eigenvalue weighted by Crippen LogP contribution is -2.22. The summed E-state index contributed by atoms with van der Waals surface area (Å²) in [6.07, 6.45) is 0.103. The second-order valence-corrected chi connectivity index (χ2v) is 4.12. The van der Waals surface area contributed by atoms with Crippen molar-refractivity contribution in [2.75, 3.05) is 0 Å². The van der Waals surface area contributed by atoms with Crippen LogP contribution in [0.3, 0.4) is 0 Å². The molecular formula is C12H14O3. The largest absolute Gasteiger partial charge is 0.432 e. The second kappa shape index (κ2) is 3.66. The van der Waals surface area contributed by atoms with E-state index in [1.165, 1.54) is 0 Å². The molecular weight excluding hydrogens is 192 g/mol. The Kier molecular flexibility index (Phi) is 2.49. The zero-order valence-corrected chi connectivity index (χ0v) is 8.90. The fourth-order valence-corrected chi connectivity index (χ4v) is 1.68. The Morgan fingerprint density at radius 1 is 1.27 bits per heavy atom. The number of cyclic esters (lactones) is 1. The van der Waals surface area contributed by atoms with Crippen LogP contribution >= 0.6 is 0 Å². The maximum absolute atomic E-state index is 11.4. The Hall–Kier alpha value is -1.35. The van der Waals surface area contributed by atoms with Crippen LogP contribution in [0.5, 0.6) is 0 Å². The van der Waals surface area contributed by atoms with Gasteiger partial charge in [-0.25, -0.2) is 4.79 Å². The molecule has 0 bridgehead atoms. The topological polar surface area (TPSA) is 35.5 Å². The highest BCUT2D eigenvalue weighted by atomic mass is 16.8.